The van der Waals surface area contributed by atoms with E-state index in [0.29, 0.717) is 30.0 Å². The lowest BCUT2D eigenvalue weighted by atomic mass is 9.63. The van der Waals surface area contributed by atoms with Crippen molar-refractivity contribution >= 4 is 34.3 Å². The number of nitrogens with zero attached hydrogens (tertiary/aromatic N) is 4. The van der Waals surface area contributed by atoms with E-state index in [4.69, 9.17) is 16.3 Å². The molecule has 3 N–H and O–H groups in total. The van der Waals surface area contributed by atoms with E-state index in [1.54, 1.807) is 35.1 Å². The molecule has 1 amide bonds. The molecule has 6 rings (SSSR count). The van der Waals surface area contributed by atoms with E-state index < -0.39 is 16.9 Å². The van der Waals surface area contributed by atoms with Crippen molar-refractivity contribution in [2.24, 2.45) is 23.7 Å². The fourth-order valence-corrected chi connectivity index (χ4v) is 8.03. The van der Waals surface area contributed by atoms with Gasteiger partial charge >= 0.3 is 0 Å². The van der Waals surface area contributed by atoms with Crippen molar-refractivity contribution < 1.29 is 13.7 Å². The number of ether oxygens (including phenoxy) is 1. The zero-order valence-electron chi connectivity index (χ0n) is 26.8. The summed E-state index contributed by atoms with van der Waals surface area (Å²) in [6.45, 7) is 6.97. The van der Waals surface area contributed by atoms with Crippen LogP contribution in [0, 0.1) is 23.7 Å². The van der Waals surface area contributed by atoms with Crippen LogP contribution in [0.5, 0.6) is 5.88 Å². The summed E-state index contributed by atoms with van der Waals surface area (Å²) in [5, 5.41) is 11.6. The summed E-state index contributed by atoms with van der Waals surface area (Å²) in [5.41, 5.74) is 0.329. The first kappa shape index (κ1) is 32.9. The van der Waals surface area contributed by atoms with E-state index in [1.807, 2.05) is 12.1 Å². The fourth-order valence-electron chi connectivity index (χ4n) is 7.03. The summed E-state index contributed by atoms with van der Waals surface area (Å²) in [5.74, 6) is 4.20. The minimum Gasteiger partial charge on any atom is -0.477 e. The van der Waals surface area contributed by atoms with Crippen LogP contribution in [-0.2, 0) is 11.0 Å². The minimum absolute atomic E-state index is 0.0157. The minimum atomic E-state index is -1.88. The zero-order chi connectivity index (χ0) is 32.1. The first-order valence-corrected chi connectivity index (χ1v) is 18.3. The van der Waals surface area contributed by atoms with E-state index in [0.717, 1.165) is 50.1 Å². The number of amides is 1. The van der Waals surface area contributed by atoms with Crippen LogP contribution in [0.4, 0.5) is 5.82 Å². The smallest absolute Gasteiger partial charge is 0.266 e. The lowest BCUT2D eigenvalue weighted by Gasteiger charge is -2.42. The zero-order valence-corrected chi connectivity index (χ0v) is 28.4. The van der Waals surface area contributed by atoms with Crippen LogP contribution < -0.4 is 20.1 Å². The van der Waals surface area contributed by atoms with E-state index >= 15 is 0 Å². The molecule has 3 fully saturated rings. The Hall–Kier alpha value is -3.02. The van der Waals surface area contributed by atoms with Gasteiger partial charge in [0.15, 0.2) is 21.8 Å². The maximum absolute atomic E-state index is 13.0. The maximum Gasteiger partial charge on any atom is 0.266 e. The predicted octanol–water partition coefficient (Wildman–Crippen LogP) is 6.33. The van der Waals surface area contributed by atoms with Gasteiger partial charge in [0.1, 0.15) is 11.0 Å². The molecule has 1 saturated heterocycles. The number of hydrogen-bond acceptors (Lipinski definition) is 8. The summed E-state index contributed by atoms with van der Waals surface area (Å²) in [4.78, 5) is 21.8. The third kappa shape index (κ3) is 8.27. The number of rotatable bonds is 15. The van der Waals surface area contributed by atoms with Crippen LogP contribution in [0.25, 0.3) is 5.82 Å². The molecule has 2 unspecified atom stereocenters. The largest absolute Gasteiger partial charge is 0.477 e. The van der Waals surface area contributed by atoms with Crippen LogP contribution >= 0.6 is 11.6 Å². The highest BCUT2D eigenvalue weighted by Crippen LogP contribution is 2.46. The third-order valence-corrected chi connectivity index (χ3v) is 11.2. The lowest BCUT2D eigenvalue weighted by Crippen LogP contribution is -2.33. The second-order valence-electron chi connectivity index (χ2n) is 13.8. The summed E-state index contributed by atoms with van der Waals surface area (Å²) in [6.07, 6.45) is 14.4. The van der Waals surface area contributed by atoms with Gasteiger partial charge in [0.2, 0.25) is 5.88 Å². The second kappa shape index (κ2) is 14.8. The Labute approximate surface area is 279 Å². The van der Waals surface area contributed by atoms with E-state index in [9.17, 15) is 9.00 Å². The number of carbonyl (C=O) groups excluding carboxylic acids is 1. The molecule has 3 aromatic heterocycles. The number of aromatic nitrogens is 4. The topological polar surface area (TPSA) is 123 Å². The molecule has 10 nitrogen and oxygen atoms in total. The number of nitrogens with one attached hydrogen (secondary N) is 3. The Morgan fingerprint density at radius 3 is 2.59 bits per heavy atom. The molecule has 4 heterocycles. The van der Waals surface area contributed by atoms with Gasteiger partial charge in [0, 0.05) is 24.3 Å². The molecule has 12 heteroatoms. The van der Waals surface area contributed by atoms with Gasteiger partial charge in [-0.15, -0.1) is 5.10 Å². The Bertz CT molecular complexity index is 1510. The Kier molecular flexibility index (Phi) is 10.6. The van der Waals surface area contributed by atoms with Crippen LogP contribution in [0.1, 0.15) is 88.4 Å². The molecular weight excluding hydrogens is 622 g/mol. The van der Waals surface area contributed by atoms with Crippen molar-refractivity contribution in [3.05, 3.63) is 53.3 Å². The summed E-state index contributed by atoms with van der Waals surface area (Å²) < 4.78 is 23.1. The number of anilines is 1. The predicted molar refractivity (Wildman–Crippen MR) is 181 cm³/mol. The average molecular weight is 668 g/mol. The highest BCUT2D eigenvalue weighted by molar-refractivity contribution is 7.83. The molecule has 1 aliphatic heterocycles. The van der Waals surface area contributed by atoms with Gasteiger partial charge in [-0.25, -0.2) is 18.9 Å². The molecular formula is C34H46ClN7O3S. The molecule has 2 saturated carbocycles. The van der Waals surface area contributed by atoms with E-state index in [1.165, 1.54) is 44.9 Å². The Morgan fingerprint density at radius 1 is 1.13 bits per heavy atom. The maximum atomic E-state index is 13.0. The van der Waals surface area contributed by atoms with Crippen LogP contribution in [-0.4, -0.2) is 55.1 Å². The summed E-state index contributed by atoms with van der Waals surface area (Å²) >= 11 is 6.41. The van der Waals surface area contributed by atoms with Crippen molar-refractivity contribution in [2.45, 2.75) is 88.6 Å². The van der Waals surface area contributed by atoms with Crippen molar-refractivity contribution in [3.8, 4) is 11.7 Å². The first-order valence-electron chi connectivity index (χ1n) is 16.8. The normalized spacial score (nSPS) is 20.2. The molecule has 0 spiro atoms. The molecule has 0 radical (unpaired) electrons. The van der Waals surface area contributed by atoms with Gasteiger partial charge in [-0.2, -0.15) is 0 Å². The molecule has 0 aromatic carbocycles. The van der Waals surface area contributed by atoms with Gasteiger partial charge in [-0.3, -0.25) is 9.52 Å². The van der Waals surface area contributed by atoms with Gasteiger partial charge in [0.05, 0.1) is 12.2 Å². The van der Waals surface area contributed by atoms with Crippen molar-refractivity contribution in [1.82, 2.24) is 29.8 Å². The Balaban J connectivity index is 0.975. The van der Waals surface area contributed by atoms with Crippen molar-refractivity contribution in [2.75, 3.05) is 25.0 Å². The summed E-state index contributed by atoms with van der Waals surface area (Å²) in [6, 6.07) is 10.2. The van der Waals surface area contributed by atoms with Gasteiger partial charge in [-0.1, -0.05) is 56.2 Å². The highest BCUT2D eigenvalue weighted by atomic mass is 35.5. The molecule has 2 atom stereocenters. The Morgan fingerprint density at radius 2 is 1.91 bits per heavy atom. The van der Waals surface area contributed by atoms with E-state index in [2.05, 4.69) is 44.3 Å². The lowest BCUT2D eigenvalue weighted by molar-refractivity contribution is 0.0720. The second-order valence-corrected chi connectivity index (χ2v) is 15.3. The quantitative estimate of drug-likeness (QED) is 0.127. The van der Waals surface area contributed by atoms with Gasteiger partial charge in [-0.05, 0) is 94.0 Å². The van der Waals surface area contributed by atoms with Gasteiger partial charge in [0.25, 0.3) is 5.91 Å². The molecule has 3 aromatic rings. The number of halogens is 1. The fraction of sp³-hybridized carbons (Fsp3) is 0.588. The molecule has 0 bridgehead atoms. The van der Waals surface area contributed by atoms with Crippen LogP contribution in [0.3, 0.4) is 0 Å². The standard InChI is InChI=1S/C34H46ClN7O3S/c1-34(2)21-23(22-37-34)7-6-18-36-28-12-5-13-31(38-28)46(44)41-33(43)27-14-15-29(39-32(27)35)42-19-16-30(40-42)45-20-17-26(24-8-3-9-24)25-10-4-11-25/h5,12-16,19,23-26,37H,3-4,6-11,17-18,20-22H2,1-2H3,(H,36,38)(H,41,43). The molecule has 248 valence electrons. The molecule has 2 aliphatic carbocycles. The number of pyridine rings is 2. The molecule has 46 heavy (non-hydrogen) atoms. The monoisotopic (exact) mass is 667 g/mol. The third-order valence-electron chi connectivity index (χ3n) is 9.95. The van der Waals surface area contributed by atoms with Crippen LogP contribution in [0.2, 0.25) is 5.15 Å². The van der Waals surface area contributed by atoms with Crippen LogP contribution in [0.15, 0.2) is 47.6 Å². The highest BCUT2D eigenvalue weighted by Gasteiger charge is 2.35. The average Bonchev–Trinajstić information content (AvgIpc) is 3.59. The molecule has 3 aliphatic rings. The van der Waals surface area contributed by atoms with Crippen molar-refractivity contribution in [3.63, 3.8) is 0 Å². The van der Waals surface area contributed by atoms with E-state index in [-0.39, 0.29) is 21.3 Å². The SMILES string of the molecule is CC1(C)CC(CCCNc2cccc(S(=O)NC(=O)c3ccc(-n4ccc(OCCC(C5CCC5)C5CCC5)n4)nc3Cl)n2)CN1. The summed E-state index contributed by atoms with van der Waals surface area (Å²) in [7, 11) is -1.88. The first-order chi connectivity index (χ1) is 22.2. The van der Waals surface area contributed by atoms with Gasteiger partial charge < -0.3 is 15.4 Å². The van der Waals surface area contributed by atoms with Crippen molar-refractivity contribution in [1.29, 1.82) is 0 Å². The number of hydrogen-bond donors (Lipinski definition) is 3. The number of carbonyl (C=O) groups is 1.